The summed E-state index contributed by atoms with van der Waals surface area (Å²) in [6.07, 6.45) is -0.794. The molecule has 1 aromatic carbocycles. The van der Waals surface area contributed by atoms with Crippen LogP contribution in [0.1, 0.15) is 5.56 Å². The minimum absolute atomic E-state index is 0.400. The summed E-state index contributed by atoms with van der Waals surface area (Å²) in [6.45, 7) is 2.37. The van der Waals surface area contributed by atoms with Crippen molar-refractivity contribution in [3.05, 3.63) is 35.9 Å². The normalized spacial score (nSPS) is 21.9. The van der Waals surface area contributed by atoms with E-state index in [-0.39, 0.29) is 0 Å². The Morgan fingerprint density at radius 3 is 2.88 bits per heavy atom. The van der Waals surface area contributed by atoms with Crippen molar-refractivity contribution < 1.29 is 14.6 Å². The summed E-state index contributed by atoms with van der Waals surface area (Å²) in [6, 6.07) is 9.98. The number of carboxylic acid groups (broad SMARTS) is 1. The highest BCUT2D eigenvalue weighted by molar-refractivity contribution is 5.70. The Kier molecular flexibility index (Phi) is 3.54. The van der Waals surface area contributed by atoms with Crippen molar-refractivity contribution in [2.45, 2.75) is 12.6 Å². The van der Waals surface area contributed by atoms with Crippen LogP contribution in [0.5, 0.6) is 0 Å². The Bertz CT molecular complexity index is 353. The Labute approximate surface area is 94.4 Å². The third kappa shape index (κ3) is 2.81. The molecule has 1 heterocycles. The van der Waals surface area contributed by atoms with Gasteiger partial charge in [0.1, 0.15) is 6.10 Å². The van der Waals surface area contributed by atoms with Gasteiger partial charge >= 0.3 is 0 Å². The zero-order chi connectivity index (χ0) is 11.4. The molecule has 0 radical (unpaired) electrons. The summed E-state index contributed by atoms with van der Waals surface area (Å²) in [5.41, 5.74) is 1.18. The van der Waals surface area contributed by atoms with E-state index in [1.807, 2.05) is 30.3 Å². The van der Waals surface area contributed by atoms with Crippen molar-refractivity contribution in [2.75, 3.05) is 19.7 Å². The van der Waals surface area contributed by atoms with Gasteiger partial charge in [0.15, 0.2) is 0 Å². The van der Waals surface area contributed by atoms with E-state index in [0.717, 1.165) is 13.1 Å². The summed E-state index contributed by atoms with van der Waals surface area (Å²) >= 11 is 0. The molecule has 1 atom stereocenters. The number of aliphatic carboxylic acids is 1. The molecule has 1 aromatic rings. The number of carbonyl (C=O) groups excluding carboxylic acids is 1. The molecule has 1 saturated heterocycles. The van der Waals surface area contributed by atoms with Gasteiger partial charge in [0.25, 0.3) is 0 Å². The van der Waals surface area contributed by atoms with E-state index in [0.29, 0.717) is 13.2 Å². The quantitative estimate of drug-likeness (QED) is 0.698. The van der Waals surface area contributed by atoms with Gasteiger partial charge in [0.2, 0.25) is 0 Å². The van der Waals surface area contributed by atoms with Crippen molar-refractivity contribution in [3.63, 3.8) is 0 Å². The molecular formula is C12H14NO3-. The predicted octanol–water partition coefficient (Wildman–Crippen LogP) is -0.363. The smallest absolute Gasteiger partial charge is 0.109 e. The Morgan fingerprint density at radius 1 is 1.44 bits per heavy atom. The fourth-order valence-corrected chi connectivity index (χ4v) is 1.83. The van der Waals surface area contributed by atoms with Crippen LogP contribution in [0.15, 0.2) is 30.3 Å². The number of rotatable bonds is 3. The molecule has 0 spiro atoms. The van der Waals surface area contributed by atoms with Gasteiger partial charge in [-0.3, -0.25) is 4.90 Å². The van der Waals surface area contributed by atoms with Crippen molar-refractivity contribution >= 4 is 5.97 Å². The molecule has 4 nitrogen and oxygen atoms in total. The minimum Gasteiger partial charge on any atom is -0.547 e. The second-order valence-corrected chi connectivity index (χ2v) is 3.90. The Balaban J connectivity index is 1.93. The van der Waals surface area contributed by atoms with Crippen LogP contribution in [-0.2, 0) is 16.1 Å². The van der Waals surface area contributed by atoms with E-state index >= 15 is 0 Å². The molecule has 86 valence electrons. The molecular weight excluding hydrogens is 206 g/mol. The van der Waals surface area contributed by atoms with Gasteiger partial charge in [0, 0.05) is 19.6 Å². The van der Waals surface area contributed by atoms with Gasteiger partial charge in [-0.1, -0.05) is 30.3 Å². The average molecular weight is 220 g/mol. The number of nitrogens with zero attached hydrogens (tertiary/aromatic N) is 1. The first kappa shape index (κ1) is 11.1. The molecule has 1 fully saturated rings. The second kappa shape index (κ2) is 5.09. The maximum absolute atomic E-state index is 10.7. The molecule has 4 heteroatoms. The predicted molar refractivity (Wildman–Crippen MR) is 56.5 cm³/mol. The lowest BCUT2D eigenvalue weighted by Crippen LogP contribution is -2.50. The van der Waals surface area contributed by atoms with E-state index < -0.39 is 12.1 Å². The van der Waals surface area contributed by atoms with Crippen LogP contribution in [0, 0.1) is 0 Å². The number of morpholine rings is 1. The number of hydrogen-bond acceptors (Lipinski definition) is 4. The topological polar surface area (TPSA) is 52.6 Å². The molecule has 0 aromatic heterocycles. The SMILES string of the molecule is O=C([O-])[C@H]1CN(Cc2ccccc2)CCO1. The van der Waals surface area contributed by atoms with Crippen molar-refractivity contribution in [3.8, 4) is 0 Å². The first-order chi connectivity index (χ1) is 7.75. The van der Waals surface area contributed by atoms with Crippen molar-refractivity contribution in [1.29, 1.82) is 0 Å². The summed E-state index contributed by atoms with van der Waals surface area (Å²) in [5, 5.41) is 10.7. The first-order valence-corrected chi connectivity index (χ1v) is 5.34. The fourth-order valence-electron chi connectivity index (χ4n) is 1.83. The molecule has 1 aliphatic rings. The van der Waals surface area contributed by atoms with E-state index in [2.05, 4.69) is 4.90 Å². The number of ether oxygens (including phenoxy) is 1. The average Bonchev–Trinajstić information content (AvgIpc) is 2.30. The van der Waals surface area contributed by atoms with Crippen molar-refractivity contribution in [2.24, 2.45) is 0 Å². The van der Waals surface area contributed by atoms with Crippen LogP contribution in [0.25, 0.3) is 0 Å². The van der Waals surface area contributed by atoms with Crippen LogP contribution < -0.4 is 5.11 Å². The molecule has 0 unspecified atom stereocenters. The number of hydrogen-bond donors (Lipinski definition) is 0. The van der Waals surface area contributed by atoms with Gasteiger partial charge in [-0.25, -0.2) is 0 Å². The van der Waals surface area contributed by atoms with E-state index in [1.54, 1.807) is 0 Å². The lowest BCUT2D eigenvalue weighted by Gasteiger charge is -2.33. The molecule has 0 aliphatic carbocycles. The lowest BCUT2D eigenvalue weighted by atomic mass is 10.2. The summed E-state index contributed by atoms with van der Waals surface area (Å²) in [4.78, 5) is 12.8. The first-order valence-electron chi connectivity index (χ1n) is 5.34. The van der Waals surface area contributed by atoms with Gasteiger partial charge in [-0.15, -0.1) is 0 Å². The largest absolute Gasteiger partial charge is 0.547 e. The maximum Gasteiger partial charge on any atom is 0.109 e. The van der Waals surface area contributed by atoms with Crippen LogP contribution >= 0.6 is 0 Å². The van der Waals surface area contributed by atoms with Crippen LogP contribution in [0.4, 0.5) is 0 Å². The summed E-state index contributed by atoms with van der Waals surface area (Å²) in [5.74, 6) is -1.13. The highest BCUT2D eigenvalue weighted by atomic mass is 16.5. The zero-order valence-electron chi connectivity index (χ0n) is 8.96. The van der Waals surface area contributed by atoms with Gasteiger partial charge in [-0.2, -0.15) is 0 Å². The Hall–Kier alpha value is -1.39. The summed E-state index contributed by atoms with van der Waals surface area (Å²) < 4.78 is 5.10. The lowest BCUT2D eigenvalue weighted by molar-refractivity contribution is -0.319. The fraction of sp³-hybridized carbons (Fsp3) is 0.417. The number of carbonyl (C=O) groups is 1. The van der Waals surface area contributed by atoms with Crippen LogP contribution in [0.3, 0.4) is 0 Å². The van der Waals surface area contributed by atoms with Gasteiger partial charge in [0.05, 0.1) is 12.6 Å². The minimum atomic E-state index is -1.13. The van der Waals surface area contributed by atoms with Crippen molar-refractivity contribution in [1.82, 2.24) is 4.90 Å². The molecule has 16 heavy (non-hydrogen) atoms. The van der Waals surface area contributed by atoms with Gasteiger partial charge in [-0.05, 0) is 5.56 Å². The summed E-state index contributed by atoms with van der Waals surface area (Å²) in [7, 11) is 0. The molecule has 0 N–H and O–H groups in total. The van der Waals surface area contributed by atoms with Crippen LogP contribution in [-0.4, -0.2) is 36.7 Å². The molecule has 1 aliphatic heterocycles. The monoisotopic (exact) mass is 220 g/mol. The molecule has 2 rings (SSSR count). The standard InChI is InChI=1S/C12H15NO3/c14-12(15)11-9-13(6-7-16-11)8-10-4-2-1-3-5-10/h1-5,11H,6-9H2,(H,14,15)/p-1/t11-/m1/s1. The van der Waals surface area contributed by atoms with E-state index in [9.17, 15) is 9.90 Å². The highest BCUT2D eigenvalue weighted by Crippen LogP contribution is 2.09. The molecule has 0 saturated carbocycles. The zero-order valence-corrected chi connectivity index (χ0v) is 8.96. The van der Waals surface area contributed by atoms with E-state index in [4.69, 9.17) is 4.74 Å². The number of benzene rings is 1. The van der Waals surface area contributed by atoms with Gasteiger partial charge < -0.3 is 14.6 Å². The molecule has 0 bridgehead atoms. The number of carboxylic acids is 1. The maximum atomic E-state index is 10.7. The second-order valence-electron chi connectivity index (χ2n) is 3.90. The highest BCUT2D eigenvalue weighted by Gasteiger charge is 2.20. The van der Waals surface area contributed by atoms with E-state index in [1.165, 1.54) is 5.56 Å². The third-order valence-electron chi connectivity index (χ3n) is 2.66. The Morgan fingerprint density at radius 2 is 2.19 bits per heavy atom. The molecule has 0 amide bonds. The van der Waals surface area contributed by atoms with Crippen LogP contribution in [0.2, 0.25) is 0 Å². The third-order valence-corrected chi connectivity index (χ3v) is 2.66.